The van der Waals surface area contributed by atoms with Crippen molar-refractivity contribution in [2.75, 3.05) is 5.75 Å². The van der Waals surface area contributed by atoms with Gasteiger partial charge < -0.3 is 10.3 Å². The third-order valence-corrected chi connectivity index (χ3v) is 5.95. The van der Waals surface area contributed by atoms with Gasteiger partial charge in [0.1, 0.15) is 12.0 Å². The van der Waals surface area contributed by atoms with Gasteiger partial charge >= 0.3 is 11.7 Å². The van der Waals surface area contributed by atoms with E-state index in [4.69, 9.17) is 4.74 Å². The molecule has 2 aliphatic rings. The van der Waals surface area contributed by atoms with Gasteiger partial charge in [-0.05, 0) is 18.4 Å². The number of hydrogen-bond donors (Lipinski definition) is 0. The molecule has 3 rings (SSSR count). The summed E-state index contributed by atoms with van der Waals surface area (Å²) < 4.78 is 5.46. The van der Waals surface area contributed by atoms with Crippen LogP contribution in [-0.2, 0) is 9.53 Å². The first kappa shape index (κ1) is 15.3. The second kappa shape index (κ2) is 7.12. The molecule has 0 N–H and O–H groups in total. The van der Waals surface area contributed by atoms with E-state index in [1.807, 2.05) is 42.1 Å². The predicted molar refractivity (Wildman–Crippen MR) is 86.7 cm³/mol. The Morgan fingerprint density at radius 1 is 1.18 bits per heavy atom. The lowest BCUT2D eigenvalue weighted by molar-refractivity contribution is -0.140. The Balaban J connectivity index is 1.74. The third-order valence-electron chi connectivity index (χ3n) is 4.46. The number of thioether (sulfide) groups is 1. The molecule has 1 heterocycles. The van der Waals surface area contributed by atoms with Gasteiger partial charge in [0.05, 0.1) is 0 Å². The first-order chi connectivity index (χ1) is 10.8. The lowest BCUT2D eigenvalue weighted by atomic mass is 9.96. The number of hydrogen-bond acceptors (Lipinski definition) is 3. The van der Waals surface area contributed by atoms with Crippen LogP contribution in [0.2, 0.25) is 0 Å². The molecule has 0 unspecified atom stereocenters. The molecule has 0 spiro atoms. The summed E-state index contributed by atoms with van der Waals surface area (Å²) in [4.78, 5) is 15.1. The minimum absolute atomic E-state index is 0.164. The van der Waals surface area contributed by atoms with E-state index in [-0.39, 0.29) is 17.7 Å². The van der Waals surface area contributed by atoms with Crippen LogP contribution in [0.15, 0.2) is 30.3 Å². The Labute approximate surface area is 134 Å². The summed E-state index contributed by atoms with van der Waals surface area (Å²) in [7, 11) is 0. The van der Waals surface area contributed by atoms with Crippen molar-refractivity contribution in [3.05, 3.63) is 41.4 Å². The summed E-state index contributed by atoms with van der Waals surface area (Å²) in [5, 5.41) is 0.654. The van der Waals surface area contributed by atoms with Crippen LogP contribution in [0.1, 0.15) is 43.8 Å². The highest BCUT2D eigenvalue weighted by Gasteiger charge is 2.48. The van der Waals surface area contributed by atoms with E-state index in [1.54, 1.807) is 0 Å². The van der Waals surface area contributed by atoms with Crippen molar-refractivity contribution in [2.24, 2.45) is 5.92 Å². The molecule has 116 valence electrons. The average Bonchev–Trinajstić information content (AvgIpc) is 2.90. The van der Waals surface area contributed by atoms with Crippen molar-refractivity contribution in [3.63, 3.8) is 0 Å². The number of rotatable bonds is 4. The van der Waals surface area contributed by atoms with Gasteiger partial charge in [-0.3, -0.25) is 0 Å². The number of esters is 1. The van der Waals surface area contributed by atoms with Crippen LogP contribution in [0.3, 0.4) is 0 Å². The smallest absolute Gasteiger partial charge is 0.418 e. The molecular weight excluding hydrogens is 296 g/mol. The molecule has 0 amide bonds. The fourth-order valence-electron chi connectivity index (χ4n) is 3.25. The van der Waals surface area contributed by atoms with Gasteiger partial charge in [-0.1, -0.05) is 49.6 Å². The van der Waals surface area contributed by atoms with Crippen molar-refractivity contribution in [3.8, 4) is 0 Å². The van der Waals surface area contributed by atoms with E-state index in [0.29, 0.717) is 5.25 Å². The molecule has 5 heteroatoms. The first-order valence-corrected chi connectivity index (χ1v) is 8.94. The van der Waals surface area contributed by atoms with Gasteiger partial charge in [0.25, 0.3) is 0 Å². The molecule has 22 heavy (non-hydrogen) atoms. The maximum absolute atomic E-state index is 11.9. The average molecular weight is 316 g/mol. The Morgan fingerprint density at radius 2 is 1.91 bits per heavy atom. The van der Waals surface area contributed by atoms with Gasteiger partial charge in [0.15, 0.2) is 0 Å². The molecular formula is C17H20N2O2S. The quantitative estimate of drug-likeness (QED) is 0.484. The molecule has 4 nitrogen and oxygen atoms in total. The maximum atomic E-state index is 11.9. The Bertz CT molecular complexity index is 578. The van der Waals surface area contributed by atoms with Crippen LogP contribution in [0.25, 0.3) is 5.53 Å². The molecule has 0 bridgehead atoms. The molecule has 0 aromatic heterocycles. The highest BCUT2D eigenvalue weighted by Crippen LogP contribution is 2.38. The lowest BCUT2D eigenvalue weighted by Crippen LogP contribution is -2.22. The van der Waals surface area contributed by atoms with Crippen molar-refractivity contribution in [1.29, 1.82) is 0 Å². The number of ether oxygens (including phenoxy) is 1. The van der Waals surface area contributed by atoms with Crippen LogP contribution >= 0.6 is 11.8 Å². The van der Waals surface area contributed by atoms with Gasteiger partial charge in [-0.2, -0.15) is 16.6 Å². The van der Waals surface area contributed by atoms with Crippen LogP contribution in [0, 0.1) is 5.92 Å². The first-order valence-electron chi connectivity index (χ1n) is 7.89. The lowest BCUT2D eigenvalue weighted by Gasteiger charge is -2.22. The molecule has 1 saturated heterocycles. The van der Waals surface area contributed by atoms with Crippen LogP contribution < -0.4 is 0 Å². The van der Waals surface area contributed by atoms with Crippen LogP contribution in [0.5, 0.6) is 0 Å². The molecule has 2 atom stereocenters. The number of carbonyl (C=O) groups is 1. The highest BCUT2D eigenvalue weighted by molar-refractivity contribution is 7.99. The highest BCUT2D eigenvalue weighted by atomic mass is 32.2. The van der Waals surface area contributed by atoms with Gasteiger partial charge in [0.2, 0.25) is 0 Å². The van der Waals surface area contributed by atoms with E-state index < -0.39 is 5.97 Å². The largest absolute Gasteiger partial charge is 0.448 e. The van der Waals surface area contributed by atoms with E-state index in [9.17, 15) is 10.3 Å². The fraction of sp³-hybridized carbons (Fsp3) is 0.529. The molecule has 1 aliphatic carbocycles. The van der Waals surface area contributed by atoms with E-state index in [2.05, 4.69) is 4.79 Å². The second-order valence-electron chi connectivity index (χ2n) is 5.92. The summed E-state index contributed by atoms with van der Waals surface area (Å²) in [6.45, 7) is 0. The molecule has 1 saturated carbocycles. The Morgan fingerprint density at radius 3 is 2.59 bits per heavy atom. The summed E-state index contributed by atoms with van der Waals surface area (Å²) in [6, 6.07) is 9.71. The second-order valence-corrected chi connectivity index (χ2v) is 7.26. The van der Waals surface area contributed by atoms with E-state index in [0.717, 1.165) is 11.3 Å². The Kier molecular flexibility index (Phi) is 4.96. The van der Waals surface area contributed by atoms with Crippen LogP contribution in [0.4, 0.5) is 0 Å². The predicted octanol–water partition coefficient (Wildman–Crippen LogP) is 3.64. The van der Waals surface area contributed by atoms with Gasteiger partial charge in [0, 0.05) is 11.0 Å². The van der Waals surface area contributed by atoms with Crippen molar-refractivity contribution < 1.29 is 14.3 Å². The van der Waals surface area contributed by atoms with Crippen molar-refractivity contribution in [2.45, 2.75) is 43.5 Å². The van der Waals surface area contributed by atoms with Crippen molar-refractivity contribution in [1.82, 2.24) is 0 Å². The van der Waals surface area contributed by atoms with Gasteiger partial charge in [-0.25, -0.2) is 4.79 Å². The monoisotopic (exact) mass is 316 g/mol. The normalized spacial score (nSPS) is 25.8. The minimum atomic E-state index is -0.495. The number of carbonyl (C=O) groups excluding carboxylic acids is 1. The SMILES string of the molecule is [N-]=[N+]=C1C(=O)O[C@H](c2ccccc2)[C@H]1CSC1CCCCC1. The maximum Gasteiger partial charge on any atom is 0.418 e. The van der Waals surface area contributed by atoms with Crippen LogP contribution in [-0.4, -0.2) is 27.5 Å². The topological polar surface area (TPSA) is 62.7 Å². The van der Waals surface area contributed by atoms with E-state index >= 15 is 0 Å². The van der Waals surface area contributed by atoms with Crippen molar-refractivity contribution >= 4 is 23.4 Å². The molecule has 1 aromatic carbocycles. The minimum Gasteiger partial charge on any atom is -0.448 e. The zero-order valence-electron chi connectivity index (χ0n) is 12.5. The summed E-state index contributed by atoms with van der Waals surface area (Å²) >= 11 is 1.89. The zero-order chi connectivity index (χ0) is 15.4. The molecule has 2 fully saturated rings. The zero-order valence-corrected chi connectivity index (χ0v) is 13.3. The fourth-order valence-corrected chi connectivity index (χ4v) is 4.73. The number of cyclic esters (lactones) is 1. The summed E-state index contributed by atoms with van der Waals surface area (Å²) in [6.07, 6.45) is 6.07. The van der Waals surface area contributed by atoms with Gasteiger partial charge in [-0.15, -0.1) is 0 Å². The van der Waals surface area contributed by atoms with E-state index in [1.165, 1.54) is 32.1 Å². The Hall–Kier alpha value is -1.58. The molecule has 1 aliphatic heterocycles. The summed E-state index contributed by atoms with van der Waals surface area (Å²) in [5.74, 6) is 0.0902. The number of benzene rings is 1. The molecule has 1 aromatic rings. The molecule has 0 radical (unpaired) electrons. The summed E-state index contributed by atoms with van der Waals surface area (Å²) in [5.41, 5.74) is 10.3. The number of nitrogens with zero attached hydrogens (tertiary/aromatic N) is 2. The third kappa shape index (κ3) is 3.26. The standard InChI is InChI=1S/C17H20N2O2S/c18-19-15-14(11-22-13-9-5-2-6-10-13)16(21-17(15)20)12-7-3-1-4-8-12/h1,3-4,7-8,13-14,16H,2,5-6,9-11H2/t14-,16+/m0/s1.